The molecule has 0 spiro atoms. The number of halogens is 1. The number of ether oxygens (including phenoxy) is 1. The Kier molecular flexibility index (Phi) is 5.97. The van der Waals surface area contributed by atoms with Crippen LogP contribution in [0.5, 0.6) is 5.75 Å². The molecule has 0 aliphatic carbocycles. The number of hydrogen-bond donors (Lipinski definition) is 1. The maximum absolute atomic E-state index is 13.3. The number of nitrogens with zero attached hydrogens (tertiary/aromatic N) is 1. The Balaban J connectivity index is 1.79. The highest BCUT2D eigenvalue weighted by Crippen LogP contribution is 2.15. The molecule has 0 aromatic heterocycles. The van der Waals surface area contributed by atoms with E-state index in [1.54, 1.807) is 23.9 Å². The van der Waals surface area contributed by atoms with Gasteiger partial charge in [0.2, 0.25) is 0 Å². The molecular formula is C16H15FN2O2S. The Morgan fingerprint density at radius 2 is 2.00 bits per heavy atom. The second-order valence-corrected chi connectivity index (χ2v) is 5.17. The molecule has 2 rings (SSSR count). The number of benzene rings is 2. The molecule has 114 valence electrons. The molecule has 0 heterocycles. The van der Waals surface area contributed by atoms with Crippen LogP contribution in [0.1, 0.15) is 5.56 Å². The van der Waals surface area contributed by atoms with Crippen LogP contribution >= 0.6 is 11.8 Å². The molecule has 0 radical (unpaired) electrons. The molecule has 1 N–H and O–H groups in total. The van der Waals surface area contributed by atoms with Crippen molar-refractivity contribution in [3.63, 3.8) is 0 Å². The number of nitrogens with one attached hydrogen (secondary N) is 1. The van der Waals surface area contributed by atoms with Gasteiger partial charge >= 0.3 is 0 Å². The number of rotatable bonds is 6. The smallest absolute Gasteiger partial charge is 0.277 e. The Morgan fingerprint density at radius 3 is 2.68 bits per heavy atom. The molecule has 2 aromatic rings. The highest BCUT2D eigenvalue weighted by Gasteiger charge is 2.05. The van der Waals surface area contributed by atoms with Gasteiger partial charge in [-0.1, -0.05) is 24.3 Å². The number of amides is 1. The summed E-state index contributed by atoms with van der Waals surface area (Å²) in [5.74, 6) is -0.929. The van der Waals surface area contributed by atoms with E-state index in [0.29, 0.717) is 0 Å². The second-order valence-electron chi connectivity index (χ2n) is 4.29. The molecule has 0 unspecified atom stereocenters. The van der Waals surface area contributed by atoms with Crippen LogP contribution in [0.15, 0.2) is 58.5 Å². The van der Waals surface area contributed by atoms with Crippen LogP contribution in [0.2, 0.25) is 0 Å². The molecule has 0 saturated carbocycles. The van der Waals surface area contributed by atoms with Gasteiger partial charge < -0.3 is 4.74 Å². The predicted octanol–water partition coefficient (Wildman–Crippen LogP) is 3.08. The zero-order valence-electron chi connectivity index (χ0n) is 12.0. The van der Waals surface area contributed by atoms with E-state index < -0.39 is 11.7 Å². The zero-order valence-corrected chi connectivity index (χ0v) is 12.8. The van der Waals surface area contributed by atoms with Crippen molar-refractivity contribution in [3.05, 3.63) is 59.9 Å². The van der Waals surface area contributed by atoms with Crippen molar-refractivity contribution in [1.82, 2.24) is 5.43 Å². The number of thioether (sulfide) groups is 1. The van der Waals surface area contributed by atoms with E-state index in [-0.39, 0.29) is 12.4 Å². The average molecular weight is 318 g/mol. The maximum Gasteiger partial charge on any atom is 0.277 e. The van der Waals surface area contributed by atoms with Crippen molar-refractivity contribution in [2.45, 2.75) is 4.90 Å². The fourth-order valence-corrected chi connectivity index (χ4v) is 2.01. The van der Waals surface area contributed by atoms with Gasteiger partial charge in [-0.25, -0.2) is 9.82 Å². The Hall–Kier alpha value is -2.34. The molecule has 0 bridgehead atoms. The van der Waals surface area contributed by atoms with Crippen molar-refractivity contribution in [2.75, 3.05) is 12.9 Å². The fraction of sp³-hybridized carbons (Fsp3) is 0.125. The summed E-state index contributed by atoms with van der Waals surface area (Å²) in [5.41, 5.74) is 3.20. The van der Waals surface area contributed by atoms with Crippen LogP contribution in [0, 0.1) is 5.82 Å². The van der Waals surface area contributed by atoms with Gasteiger partial charge in [0.1, 0.15) is 0 Å². The van der Waals surface area contributed by atoms with Crippen LogP contribution in [-0.4, -0.2) is 25.0 Å². The lowest BCUT2D eigenvalue weighted by Gasteiger charge is -2.05. The third-order valence-electron chi connectivity index (χ3n) is 2.71. The zero-order chi connectivity index (χ0) is 15.8. The molecule has 4 nitrogen and oxygen atoms in total. The lowest BCUT2D eigenvalue weighted by Crippen LogP contribution is -2.24. The van der Waals surface area contributed by atoms with Crippen molar-refractivity contribution in [3.8, 4) is 5.75 Å². The Bertz CT molecular complexity index is 659. The first-order valence-corrected chi connectivity index (χ1v) is 7.75. The van der Waals surface area contributed by atoms with Crippen LogP contribution in [0.3, 0.4) is 0 Å². The number of carbonyl (C=O) groups excluding carboxylic acids is 1. The van der Waals surface area contributed by atoms with Gasteiger partial charge in [0, 0.05) is 4.90 Å². The van der Waals surface area contributed by atoms with Gasteiger partial charge in [0.05, 0.1) is 6.21 Å². The molecule has 0 atom stereocenters. The molecule has 22 heavy (non-hydrogen) atoms. The normalized spacial score (nSPS) is 10.6. The second kappa shape index (κ2) is 8.19. The lowest BCUT2D eigenvalue weighted by molar-refractivity contribution is -0.123. The monoisotopic (exact) mass is 318 g/mol. The fourth-order valence-electron chi connectivity index (χ4n) is 1.61. The standard InChI is InChI=1S/C16H15FN2O2S/c1-22-13-8-6-12(7-9-13)10-18-19-16(20)11-21-15-5-3-2-4-14(15)17/h2-10H,11H2,1H3,(H,19,20)/b18-10+. The molecular weight excluding hydrogens is 303 g/mol. The predicted molar refractivity (Wildman–Crippen MR) is 85.9 cm³/mol. The van der Waals surface area contributed by atoms with E-state index in [9.17, 15) is 9.18 Å². The summed E-state index contributed by atoms with van der Waals surface area (Å²) < 4.78 is 18.4. The van der Waals surface area contributed by atoms with E-state index in [1.807, 2.05) is 30.5 Å². The van der Waals surface area contributed by atoms with Crippen molar-refractivity contribution in [2.24, 2.45) is 5.10 Å². The van der Waals surface area contributed by atoms with E-state index in [2.05, 4.69) is 10.5 Å². The third-order valence-corrected chi connectivity index (χ3v) is 3.46. The summed E-state index contributed by atoms with van der Waals surface area (Å²) in [4.78, 5) is 12.7. The van der Waals surface area contributed by atoms with Gasteiger partial charge in [-0.05, 0) is 36.1 Å². The summed E-state index contributed by atoms with van der Waals surface area (Å²) in [6.07, 6.45) is 3.53. The lowest BCUT2D eigenvalue weighted by atomic mass is 10.2. The third kappa shape index (κ3) is 4.89. The van der Waals surface area contributed by atoms with E-state index in [4.69, 9.17) is 4.74 Å². The summed E-state index contributed by atoms with van der Waals surface area (Å²) in [5, 5.41) is 3.83. The van der Waals surface area contributed by atoms with Crippen molar-refractivity contribution < 1.29 is 13.9 Å². The molecule has 1 amide bonds. The summed E-state index contributed by atoms with van der Waals surface area (Å²) in [6.45, 7) is -0.302. The Labute approximate surface area is 132 Å². The van der Waals surface area contributed by atoms with E-state index in [0.717, 1.165) is 10.5 Å². The molecule has 0 aliphatic heterocycles. The minimum atomic E-state index is -0.507. The van der Waals surface area contributed by atoms with Crippen molar-refractivity contribution in [1.29, 1.82) is 0 Å². The van der Waals surface area contributed by atoms with Gasteiger partial charge in [-0.3, -0.25) is 4.79 Å². The maximum atomic E-state index is 13.3. The number of para-hydroxylation sites is 1. The van der Waals surface area contributed by atoms with Crippen LogP contribution < -0.4 is 10.2 Å². The van der Waals surface area contributed by atoms with Crippen LogP contribution in [0.25, 0.3) is 0 Å². The molecule has 0 fully saturated rings. The largest absolute Gasteiger partial charge is 0.481 e. The van der Waals surface area contributed by atoms with Crippen LogP contribution in [0.4, 0.5) is 4.39 Å². The first-order chi connectivity index (χ1) is 10.7. The van der Waals surface area contributed by atoms with Gasteiger partial charge in [-0.2, -0.15) is 5.10 Å². The van der Waals surface area contributed by atoms with Crippen LogP contribution in [-0.2, 0) is 4.79 Å². The minimum Gasteiger partial charge on any atom is -0.481 e. The molecule has 2 aromatic carbocycles. The minimum absolute atomic E-state index is 0.0364. The first-order valence-electron chi connectivity index (χ1n) is 6.52. The quantitative estimate of drug-likeness (QED) is 0.506. The Morgan fingerprint density at radius 1 is 1.27 bits per heavy atom. The number of carbonyl (C=O) groups is 1. The number of hydrogen-bond acceptors (Lipinski definition) is 4. The summed E-state index contributed by atoms with van der Waals surface area (Å²) >= 11 is 1.65. The summed E-state index contributed by atoms with van der Waals surface area (Å²) in [6, 6.07) is 13.6. The molecule has 0 saturated heterocycles. The summed E-state index contributed by atoms with van der Waals surface area (Å²) in [7, 11) is 0. The average Bonchev–Trinajstić information content (AvgIpc) is 2.55. The molecule has 6 heteroatoms. The van der Waals surface area contributed by atoms with Gasteiger partial charge in [0.25, 0.3) is 5.91 Å². The highest BCUT2D eigenvalue weighted by atomic mass is 32.2. The first kappa shape index (κ1) is 16.0. The number of hydrazone groups is 1. The van der Waals surface area contributed by atoms with Gasteiger partial charge in [-0.15, -0.1) is 11.8 Å². The SMILES string of the molecule is CSc1ccc(/C=N/NC(=O)COc2ccccc2F)cc1. The molecule has 0 aliphatic rings. The highest BCUT2D eigenvalue weighted by molar-refractivity contribution is 7.98. The van der Waals surface area contributed by atoms with Gasteiger partial charge in [0.15, 0.2) is 18.2 Å². The van der Waals surface area contributed by atoms with E-state index >= 15 is 0 Å². The van der Waals surface area contributed by atoms with E-state index in [1.165, 1.54) is 18.3 Å². The van der Waals surface area contributed by atoms with Crippen molar-refractivity contribution >= 4 is 23.9 Å². The topological polar surface area (TPSA) is 50.7 Å².